The lowest BCUT2D eigenvalue weighted by molar-refractivity contribution is 0.117. The normalized spacial score (nSPS) is 11.0. The molecular formula is C18H23BrN4O4. The summed E-state index contributed by atoms with van der Waals surface area (Å²) >= 11 is 3.36. The molecule has 0 unspecified atom stereocenters. The van der Waals surface area contributed by atoms with Crippen molar-refractivity contribution in [2.75, 3.05) is 18.5 Å². The highest BCUT2D eigenvalue weighted by Gasteiger charge is 2.14. The van der Waals surface area contributed by atoms with E-state index >= 15 is 0 Å². The van der Waals surface area contributed by atoms with Gasteiger partial charge in [-0.15, -0.1) is 0 Å². The number of anilines is 2. The van der Waals surface area contributed by atoms with Crippen LogP contribution in [0.5, 0.6) is 5.88 Å². The molecule has 0 aromatic carbocycles. The van der Waals surface area contributed by atoms with Gasteiger partial charge in [0.1, 0.15) is 24.7 Å². The lowest BCUT2D eigenvalue weighted by atomic mass is 10.1. The van der Waals surface area contributed by atoms with Crippen LogP contribution in [0.25, 0.3) is 0 Å². The van der Waals surface area contributed by atoms with Gasteiger partial charge in [0.2, 0.25) is 5.88 Å². The molecule has 2 rings (SSSR count). The summed E-state index contributed by atoms with van der Waals surface area (Å²) in [5, 5.41) is 5.67. The Labute approximate surface area is 166 Å². The summed E-state index contributed by atoms with van der Waals surface area (Å²) in [6.07, 6.45) is 1.18. The number of pyridine rings is 2. The van der Waals surface area contributed by atoms with E-state index in [-0.39, 0.29) is 24.3 Å². The third-order valence-corrected chi connectivity index (χ3v) is 3.61. The number of carbonyl (C=O) groups is 1. The number of aromatic nitrogens is 2. The Kier molecular flexibility index (Phi) is 6.84. The van der Waals surface area contributed by atoms with Crippen LogP contribution in [0.15, 0.2) is 39.7 Å². The van der Waals surface area contributed by atoms with Crippen molar-refractivity contribution in [3.63, 3.8) is 0 Å². The minimum atomic E-state index is -0.500. The van der Waals surface area contributed by atoms with Gasteiger partial charge < -0.3 is 24.7 Å². The topological polar surface area (TPSA) is 94.5 Å². The standard InChI is InChI=1S/C18H23BrN4O4/c1-18(2,3)22-17(25)27-9-8-26-15-7-5-6-14(21-15)20-13-10-12(19)11-23(4)16(13)24/h5-7,10-11H,8-9H2,1-4H3,(H,20,21)(H,22,25). The first-order chi connectivity index (χ1) is 12.6. The van der Waals surface area contributed by atoms with Crippen molar-refractivity contribution in [1.82, 2.24) is 14.9 Å². The maximum absolute atomic E-state index is 12.2. The zero-order valence-electron chi connectivity index (χ0n) is 15.7. The largest absolute Gasteiger partial charge is 0.474 e. The molecule has 9 heteroatoms. The van der Waals surface area contributed by atoms with Crippen LogP contribution in [0.1, 0.15) is 20.8 Å². The zero-order chi connectivity index (χ0) is 20.0. The second-order valence-corrected chi connectivity index (χ2v) is 7.75. The molecule has 0 bridgehead atoms. The van der Waals surface area contributed by atoms with Crippen molar-refractivity contribution >= 4 is 33.5 Å². The summed E-state index contributed by atoms with van der Waals surface area (Å²) in [4.78, 5) is 28.0. The van der Waals surface area contributed by atoms with E-state index < -0.39 is 6.09 Å². The Hall–Kier alpha value is -2.55. The molecule has 146 valence electrons. The van der Waals surface area contributed by atoms with Gasteiger partial charge in [-0.25, -0.2) is 4.79 Å². The first-order valence-corrected chi connectivity index (χ1v) is 9.11. The van der Waals surface area contributed by atoms with E-state index in [2.05, 4.69) is 31.5 Å². The highest BCUT2D eigenvalue weighted by molar-refractivity contribution is 9.10. The van der Waals surface area contributed by atoms with Crippen LogP contribution < -0.4 is 20.9 Å². The molecule has 27 heavy (non-hydrogen) atoms. The van der Waals surface area contributed by atoms with Gasteiger partial charge in [0.15, 0.2) is 0 Å². The molecule has 0 spiro atoms. The summed E-state index contributed by atoms with van der Waals surface area (Å²) in [5.74, 6) is 0.820. The molecule has 2 aromatic heterocycles. The van der Waals surface area contributed by atoms with Crippen LogP contribution in [0.3, 0.4) is 0 Å². The molecule has 2 N–H and O–H groups in total. The SMILES string of the molecule is Cn1cc(Br)cc(Nc2cccc(OCCOC(=O)NC(C)(C)C)n2)c1=O. The van der Waals surface area contributed by atoms with E-state index in [0.717, 1.165) is 4.47 Å². The molecule has 2 aromatic rings. The van der Waals surface area contributed by atoms with Gasteiger partial charge in [0.05, 0.1) is 0 Å². The fraction of sp³-hybridized carbons (Fsp3) is 0.389. The third kappa shape index (κ3) is 6.93. The molecule has 1 amide bonds. The molecule has 0 aliphatic heterocycles. The summed E-state index contributed by atoms with van der Waals surface area (Å²) in [7, 11) is 1.67. The van der Waals surface area contributed by atoms with Gasteiger partial charge >= 0.3 is 6.09 Å². The average Bonchev–Trinajstić information content (AvgIpc) is 2.55. The minimum absolute atomic E-state index is 0.0907. The van der Waals surface area contributed by atoms with Crippen molar-refractivity contribution in [3.05, 3.63) is 45.3 Å². The van der Waals surface area contributed by atoms with Crippen LogP contribution in [-0.4, -0.2) is 34.4 Å². The van der Waals surface area contributed by atoms with E-state index in [1.807, 2.05) is 20.8 Å². The molecule has 0 atom stereocenters. The molecule has 0 aliphatic carbocycles. The fourth-order valence-electron chi connectivity index (χ4n) is 2.09. The van der Waals surface area contributed by atoms with E-state index in [1.54, 1.807) is 37.5 Å². The first-order valence-electron chi connectivity index (χ1n) is 8.32. The van der Waals surface area contributed by atoms with E-state index in [4.69, 9.17) is 9.47 Å². The number of ether oxygens (including phenoxy) is 2. The number of aryl methyl sites for hydroxylation is 1. The van der Waals surface area contributed by atoms with Crippen LogP contribution in [0.4, 0.5) is 16.3 Å². The van der Waals surface area contributed by atoms with E-state index in [0.29, 0.717) is 17.4 Å². The van der Waals surface area contributed by atoms with Crippen molar-refractivity contribution in [3.8, 4) is 5.88 Å². The Balaban J connectivity index is 1.91. The Morgan fingerprint density at radius 3 is 2.74 bits per heavy atom. The molecule has 0 saturated carbocycles. The number of nitrogens with one attached hydrogen (secondary N) is 2. The summed E-state index contributed by atoms with van der Waals surface area (Å²) in [6.45, 7) is 5.85. The van der Waals surface area contributed by atoms with Gasteiger partial charge in [-0.2, -0.15) is 4.98 Å². The predicted octanol–water partition coefficient (Wildman–Crippen LogP) is 3.19. The summed E-state index contributed by atoms with van der Waals surface area (Å²) in [5.41, 5.74) is -0.147. The zero-order valence-corrected chi connectivity index (χ0v) is 17.3. The molecular weight excluding hydrogens is 416 g/mol. The van der Waals surface area contributed by atoms with Gasteiger partial charge in [0, 0.05) is 29.3 Å². The number of alkyl carbamates (subject to hydrolysis) is 1. The Morgan fingerprint density at radius 2 is 2.04 bits per heavy atom. The molecule has 2 heterocycles. The van der Waals surface area contributed by atoms with Gasteiger partial charge in [-0.1, -0.05) is 6.07 Å². The molecule has 0 fully saturated rings. The summed E-state index contributed by atoms with van der Waals surface area (Å²) in [6, 6.07) is 6.83. The Morgan fingerprint density at radius 1 is 1.30 bits per heavy atom. The highest BCUT2D eigenvalue weighted by atomic mass is 79.9. The maximum Gasteiger partial charge on any atom is 0.407 e. The highest BCUT2D eigenvalue weighted by Crippen LogP contribution is 2.17. The van der Waals surface area contributed by atoms with E-state index in [9.17, 15) is 9.59 Å². The predicted molar refractivity (Wildman–Crippen MR) is 107 cm³/mol. The number of amides is 1. The number of carbonyl (C=O) groups excluding carboxylic acids is 1. The molecule has 0 aliphatic rings. The fourth-order valence-corrected chi connectivity index (χ4v) is 2.62. The van der Waals surface area contributed by atoms with Crippen molar-refractivity contribution < 1.29 is 14.3 Å². The molecule has 0 radical (unpaired) electrons. The Bertz CT molecular complexity index is 861. The van der Waals surface area contributed by atoms with Crippen LogP contribution in [0, 0.1) is 0 Å². The van der Waals surface area contributed by atoms with E-state index in [1.165, 1.54) is 4.57 Å². The lowest BCUT2D eigenvalue weighted by Crippen LogP contribution is -2.41. The quantitative estimate of drug-likeness (QED) is 0.672. The van der Waals surface area contributed by atoms with Gasteiger partial charge in [-0.05, 0) is 48.8 Å². The van der Waals surface area contributed by atoms with Crippen LogP contribution in [-0.2, 0) is 11.8 Å². The maximum atomic E-state index is 12.2. The van der Waals surface area contributed by atoms with Crippen LogP contribution >= 0.6 is 15.9 Å². The monoisotopic (exact) mass is 438 g/mol. The molecule has 0 saturated heterocycles. The third-order valence-electron chi connectivity index (χ3n) is 3.18. The molecule has 8 nitrogen and oxygen atoms in total. The lowest BCUT2D eigenvalue weighted by Gasteiger charge is -2.19. The van der Waals surface area contributed by atoms with Crippen LogP contribution in [0.2, 0.25) is 0 Å². The minimum Gasteiger partial charge on any atom is -0.474 e. The number of hydrogen-bond acceptors (Lipinski definition) is 6. The second-order valence-electron chi connectivity index (χ2n) is 6.83. The first kappa shape index (κ1) is 20.8. The number of nitrogens with zero attached hydrogens (tertiary/aromatic N) is 2. The number of rotatable bonds is 6. The summed E-state index contributed by atoms with van der Waals surface area (Å²) < 4.78 is 12.8. The van der Waals surface area contributed by atoms with Crippen molar-refractivity contribution in [2.45, 2.75) is 26.3 Å². The average molecular weight is 439 g/mol. The number of hydrogen-bond donors (Lipinski definition) is 2. The number of halogens is 1. The second kappa shape index (κ2) is 8.90. The smallest absolute Gasteiger partial charge is 0.407 e. The van der Waals surface area contributed by atoms with Crippen molar-refractivity contribution in [1.29, 1.82) is 0 Å². The van der Waals surface area contributed by atoms with Gasteiger partial charge in [-0.3, -0.25) is 4.79 Å². The van der Waals surface area contributed by atoms with Crippen molar-refractivity contribution in [2.24, 2.45) is 7.05 Å². The van der Waals surface area contributed by atoms with Gasteiger partial charge in [0.25, 0.3) is 5.56 Å².